The fourth-order valence-corrected chi connectivity index (χ4v) is 0.649. The number of H-pyrrole nitrogens is 1. The van der Waals surface area contributed by atoms with Crippen molar-refractivity contribution in [3.63, 3.8) is 0 Å². The smallest absolute Gasteiger partial charge is 0.289 e. The van der Waals surface area contributed by atoms with E-state index in [1.807, 2.05) is 6.92 Å². The second-order valence-corrected chi connectivity index (χ2v) is 2.33. The maximum absolute atomic E-state index is 11.2. The number of nitrogens with zero attached hydrogens (tertiary/aromatic N) is 2. The lowest BCUT2D eigenvalue weighted by Crippen LogP contribution is -2.31. The van der Waals surface area contributed by atoms with Gasteiger partial charge in [0.15, 0.2) is 0 Å². The van der Waals surface area contributed by atoms with Crippen LogP contribution in [0.25, 0.3) is 0 Å². The highest BCUT2D eigenvalue weighted by atomic mass is 16.2. The highest BCUT2D eigenvalue weighted by Crippen LogP contribution is 1.88. The lowest BCUT2D eigenvalue weighted by molar-refractivity contribution is 0.0937. The van der Waals surface area contributed by atoms with E-state index in [0.29, 0.717) is 0 Å². The fourth-order valence-electron chi connectivity index (χ4n) is 0.649. The zero-order valence-electron chi connectivity index (χ0n) is 6.74. The van der Waals surface area contributed by atoms with Gasteiger partial charge in [-0.25, -0.2) is 4.98 Å². The van der Waals surface area contributed by atoms with Gasteiger partial charge in [-0.15, -0.1) is 6.58 Å². The van der Waals surface area contributed by atoms with Crippen molar-refractivity contribution in [1.29, 1.82) is 0 Å². The van der Waals surface area contributed by atoms with E-state index in [1.54, 1.807) is 6.08 Å². The summed E-state index contributed by atoms with van der Waals surface area (Å²) in [4.78, 5) is 14.9. The first kappa shape index (κ1) is 8.45. The number of aromatic amines is 1. The van der Waals surface area contributed by atoms with Gasteiger partial charge in [0, 0.05) is 6.04 Å². The lowest BCUT2D eigenvalue weighted by atomic mass is 10.3. The zero-order chi connectivity index (χ0) is 8.97. The molecule has 1 heterocycles. The van der Waals surface area contributed by atoms with Crippen LogP contribution in [0.1, 0.15) is 17.5 Å². The van der Waals surface area contributed by atoms with Crippen molar-refractivity contribution in [2.24, 2.45) is 0 Å². The number of amides is 1. The number of nitrogens with one attached hydrogen (secondary N) is 2. The molecule has 1 atom stereocenters. The van der Waals surface area contributed by atoms with Crippen molar-refractivity contribution in [1.82, 2.24) is 20.5 Å². The van der Waals surface area contributed by atoms with Crippen molar-refractivity contribution in [2.75, 3.05) is 0 Å². The van der Waals surface area contributed by atoms with Crippen LogP contribution in [0.4, 0.5) is 0 Å². The molecule has 5 heteroatoms. The molecule has 1 aromatic rings. The summed E-state index contributed by atoms with van der Waals surface area (Å²) >= 11 is 0. The maximum Gasteiger partial charge on any atom is 0.289 e. The Morgan fingerprint density at radius 3 is 3.17 bits per heavy atom. The standard InChI is InChI=1S/C7H10N4O/c1-3-5(2)10-7(12)6-8-4-9-11-6/h3-5H,1H2,2H3,(H,10,12)(H,8,9,11). The molecule has 5 nitrogen and oxygen atoms in total. The van der Waals surface area contributed by atoms with Crippen LogP contribution in [0, 0.1) is 0 Å². The molecule has 1 aromatic heterocycles. The quantitative estimate of drug-likeness (QED) is 0.626. The van der Waals surface area contributed by atoms with Crippen molar-refractivity contribution in [3.8, 4) is 0 Å². The molecular weight excluding hydrogens is 156 g/mol. The zero-order valence-corrected chi connectivity index (χ0v) is 6.74. The van der Waals surface area contributed by atoms with Gasteiger partial charge in [0.05, 0.1) is 0 Å². The van der Waals surface area contributed by atoms with Crippen molar-refractivity contribution < 1.29 is 4.79 Å². The largest absolute Gasteiger partial charge is 0.343 e. The molecular formula is C7H10N4O. The molecule has 0 spiro atoms. The molecule has 0 aliphatic rings. The van der Waals surface area contributed by atoms with Crippen LogP contribution in [0.2, 0.25) is 0 Å². The monoisotopic (exact) mass is 166 g/mol. The van der Waals surface area contributed by atoms with Gasteiger partial charge in [0.1, 0.15) is 6.33 Å². The molecule has 0 radical (unpaired) electrons. The minimum absolute atomic E-state index is 0.0670. The van der Waals surface area contributed by atoms with E-state index in [0.717, 1.165) is 0 Å². The summed E-state index contributed by atoms with van der Waals surface area (Å²) in [5.41, 5.74) is 0. The first-order valence-electron chi connectivity index (χ1n) is 3.53. The summed E-state index contributed by atoms with van der Waals surface area (Å²) in [5.74, 6) is -0.0661. The van der Waals surface area contributed by atoms with E-state index in [4.69, 9.17) is 0 Å². The van der Waals surface area contributed by atoms with Crippen molar-refractivity contribution in [3.05, 3.63) is 24.8 Å². The molecule has 0 aromatic carbocycles. The van der Waals surface area contributed by atoms with Gasteiger partial charge in [-0.2, -0.15) is 5.10 Å². The number of carbonyl (C=O) groups excluding carboxylic acids is 1. The Balaban J connectivity index is 2.55. The van der Waals surface area contributed by atoms with E-state index >= 15 is 0 Å². The number of hydrogen-bond acceptors (Lipinski definition) is 3. The predicted octanol–water partition coefficient (Wildman–Crippen LogP) is 0.109. The number of hydrogen-bond donors (Lipinski definition) is 2. The number of carbonyl (C=O) groups is 1. The van der Waals surface area contributed by atoms with Crippen LogP contribution in [0.5, 0.6) is 0 Å². The number of rotatable bonds is 3. The average Bonchev–Trinajstić information content (AvgIpc) is 2.56. The lowest BCUT2D eigenvalue weighted by Gasteiger charge is -2.05. The normalized spacial score (nSPS) is 12.1. The van der Waals surface area contributed by atoms with E-state index < -0.39 is 0 Å². The third kappa shape index (κ3) is 1.91. The molecule has 0 bridgehead atoms. The highest BCUT2D eigenvalue weighted by Gasteiger charge is 2.09. The Labute approximate surface area is 69.9 Å². The molecule has 2 N–H and O–H groups in total. The molecule has 0 saturated carbocycles. The van der Waals surface area contributed by atoms with Gasteiger partial charge in [-0.05, 0) is 6.92 Å². The van der Waals surface area contributed by atoms with Gasteiger partial charge in [0.25, 0.3) is 5.91 Å². The van der Waals surface area contributed by atoms with Crippen LogP contribution in [0.15, 0.2) is 19.0 Å². The van der Waals surface area contributed by atoms with Crippen LogP contribution in [0.3, 0.4) is 0 Å². The fraction of sp³-hybridized carbons (Fsp3) is 0.286. The predicted molar refractivity (Wildman–Crippen MR) is 43.5 cm³/mol. The molecule has 64 valence electrons. The topological polar surface area (TPSA) is 70.7 Å². The van der Waals surface area contributed by atoms with Crippen LogP contribution < -0.4 is 5.32 Å². The van der Waals surface area contributed by atoms with Gasteiger partial charge in [-0.3, -0.25) is 9.89 Å². The van der Waals surface area contributed by atoms with Gasteiger partial charge >= 0.3 is 0 Å². The second-order valence-electron chi connectivity index (χ2n) is 2.33. The molecule has 0 fully saturated rings. The summed E-state index contributed by atoms with van der Waals surface area (Å²) in [6.07, 6.45) is 2.92. The van der Waals surface area contributed by atoms with Crippen LogP contribution >= 0.6 is 0 Å². The van der Waals surface area contributed by atoms with E-state index in [9.17, 15) is 4.79 Å². The van der Waals surface area contributed by atoms with Crippen molar-refractivity contribution >= 4 is 5.91 Å². The second kappa shape index (κ2) is 3.66. The minimum Gasteiger partial charge on any atom is -0.343 e. The Bertz CT molecular complexity index is 267. The van der Waals surface area contributed by atoms with Crippen LogP contribution in [-0.2, 0) is 0 Å². The summed E-state index contributed by atoms with van der Waals surface area (Å²) in [7, 11) is 0. The summed E-state index contributed by atoms with van der Waals surface area (Å²) in [5, 5.41) is 8.65. The Morgan fingerprint density at radius 2 is 2.67 bits per heavy atom. The number of aromatic nitrogens is 3. The first-order chi connectivity index (χ1) is 5.74. The molecule has 0 saturated heterocycles. The van der Waals surface area contributed by atoms with Crippen LogP contribution in [-0.4, -0.2) is 27.1 Å². The van der Waals surface area contributed by atoms with E-state index in [1.165, 1.54) is 6.33 Å². The molecule has 1 unspecified atom stereocenters. The summed E-state index contributed by atoms with van der Waals surface area (Å²) in [6, 6.07) is -0.0670. The maximum atomic E-state index is 11.2. The molecule has 0 aliphatic carbocycles. The molecule has 1 amide bonds. The van der Waals surface area contributed by atoms with Crippen molar-refractivity contribution in [2.45, 2.75) is 13.0 Å². The summed E-state index contributed by atoms with van der Waals surface area (Å²) < 4.78 is 0. The van der Waals surface area contributed by atoms with E-state index in [-0.39, 0.29) is 17.8 Å². The highest BCUT2D eigenvalue weighted by molar-refractivity contribution is 5.90. The molecule has 0 aliphatic heterocycles. The van der Waals surface area contributed by atoms with E-state index in [2.05, 4.69) is 27.1 Å². The third-order valence-corrected chi connectivity index (χ3v) is 1.34. The Hall–Kier alpha value is -1.65. The minimum atomic E-state index is -0.278. The van der Waals surface area contributed by atoms with Gasteiger partial charge in [0.2, 0.25) is 5.82 Å². The van der Waals surface area contributed by atoms with Gasteiger partial charge in [-0.1, -0.05) is 6.08 Å². The average molecular weight is 166 g/mol. The first-order valence-corrected chi connectivity index (χ1v) is 3.53. The Morgan fingerprint density at radius 1 is 1.92 bits per heavy atom. The summed E-state index contributed by atoms with van der Waals surface area (Å²) in [6.45, 7) is 5.35. The molecule has 1 rings (SSSR count). The Kier molecular flexibility index (Phi) is 2.57. The van der Waals surface area contributed by atoms with Gasteiger partial charge < -0.3 is 5.32 Å². The third-order valence-electron chi connectivity index (χ3n) is 1.34. The molecule has 12 heavy (non-hydrogen) atoms. The SMILES string of the molecule is C=CC(C)NC(=O)c1ncn[nH]1.